The van der Waals surface area contributed by atoms with Crippen LogP contribution in [0.1, 0.15) is 19.3 Å². The summed E-state index contributed by atoms with van der Waals surface area (Å²) in [6, 6.07) is 9.99. The fraction of sp³-hybridized carbons (Fsp3) is 0.333. The van der Waals surface area contributed by atoms with Crippen LogP contribution in [0.4, 0.5) is 5.95 Å². The normalized spacial score (nSPS) is 24.1. The second kappa shape index (κ2) is 6.39. The summed E-state index contributed by atoms with van der Waals surface area (Å²) in [7, 11) is 0. The van der Waals surface area contributed by atoms with Gasteiger partial charge in [-0.25, -0.2) is 9.97 Å². The molecule has 6 nitrogen and oxygen atoms in total. The predicted molar refractivity (Wildman–Crippen MR) is 104 cm³/mol. The number of rotatable bonds is 3. The second-order valence-corrected chi connectivity index (χ2v) is 7.53. The number of aromatic nitrogens is 3. The van der Waals surface area contributed by atoms with Crippen LogP contribution in [-0.2, 0) is 4.79 Å². The zero-order valence-corrected chi connectivity index (χ0v) is 15.1. The Morgan fingerprint density at radius 2 is 1.85 bits per heavy atom. The highest BCUT2D eigenvalue weighted by Crippen LogP contribution is 2.40. The Kier molecular flexibility index (Phi) is 3.86. The molecule has 1 N–H and O–H groups in total. The van der Waals surface area contributed by atoms with E-state index in [9.17, 15) is 4.79 Å². The molecule has 136 valence electrons. The molecule has 0 aliphatic carbocycles. The van der Waals surface area contributed by atoms with Gasteiger partial charge in [0.1, 0.15) is 0 Å². The molecule has 2 aromatic heterocycles. The third kappa shape index (κ3) is 2.96. The first-order chi connectivity index (χ1) is 13.2. The molecule has 3 saturated heterocycles. The number of nitrogens with zero attached hydrogens (tertiary/aromatic N) is 4. The lowest BCUT2D eigenvalue weighted by Gasteiger charge is -2.46. The van der Waals surface area contributed by atoms with Gasteiger partial charge in [-0.3, -0.25) is 15.1 Å². The van der Waals surface area contributed by atoms with Gasteiger partial charge in [0.25, 0.3) is 0 Å². The first kappa shape index (κ1) is 16.3. The average molecular weight is 359 g/mol. The summed E-state index contributed by atoms with van der Waals surface area (Å²) in [5.74, 6) is 0.461. The average Bonchev–Trinajstić information content (AvgIpc) is 2.75. The van der Waals surface area contributed by atoms with Crippen molar-refractivity contribution in [1.29, 1.82) is 0 Å². The van der Waals surface area contributed by atoms with Crippen molar-refractivity contribution in [3.63, 3.8) is 0 Å². The molecule has 0 unspecified atom stereocenters. The van der Waals surface area contributed by atoms with E-state index in [4.69, 9.17) is 0 Å². The predicted octanol–water partition coefficient (Wildman–Crippen LogP) is 3.12. The summed E-state index contributed by atoms with van der Waals surface area (Å²) in [5.41, 5.74) is 2.66. The van der Waals surface area contributed by atoms with E-state index in [0.717, 1.165) is 60.9 Å². The van der Waals surface area contributed by atoms with Crippen LogP contribution < -0.4 is 5.32 Å². The highest BCUT2D eigenvalue weighted by Gasteiger charge is 2.45. The van der Waals surface area contributed by atoms with Crippen LogP contribution >= 0.6 is 0 Å². The summed E-state index contributed by atoms with van der Waals surface area (Å²) in [6.07, 6.45) is 8.15. The molecule has 3 fully saturated rings. The number of benzene rings is 1. The Morgan fingerprint density at radius 1 is 1.04 bits per heavy atom. The van der Waals surface area contributed by atoms with Crippen molar-refractivity contribution in [3.8, 4) is 11.1 Å². The fourth-order valence-electron chi connectivity index (χ4n) is 4.20. The molecule has 0 atom stereocenters. The zero-order chi connectivity index (χ0) is 18.3. The first-order valence-electron chi connectivity index (χ1n) is 9.43. The summed E-state index contributed by atoms with van der Waals surface area (Å²) in [4.78, 5) is 28.5. The number of hydrogen-bond donors (Lipinski definition) is 1. The summed E-state index contributed by atoms with van der Waals surface area (Å²) < 4.78 is 0. The van der Waals surface area contributed by atoms with Crippen LogP contribution in [0.2, 0.25) is 0 Å². The van der Waals surface area contributed by atoms with Crippen molar-refractivity contribution >= 4 is 22.8 Å². The first-order valence-corrected chi connectivity index (χ1v) is 9.43. The zero-order valence-electron chi connectivity index (χ0n) is 15.1. The highest BCUT2D eigenvalue weighted by molar-refractivity contribution is 5.95. The van der Waals surface area contributed by atoms with Crippen LogP contribution in [0, 0.1) is 5.41 Å². The topological polar surface area (TPSA) is 71.0 Å². The van der Waals surface area contributed by atoms with Crippen LogP contribution in [0.3, 0.4) is 0 Å². The smallest absolute Gasteiger partial charge is 0.233 e. The lowest BCUT2D eigenvalue weighted by molar-refractivity contribution is -0.132. The molecule has 27 heavy (non-hydrogen) atoms. The third-order valence-corrected chi connectivity index (χ3v) is 6.00. The number of anilines is 1. The second-order valence-electron chi connectivity index (χ2n) is 7.53. The van der Waals surface area contributed by atoms with Gasteiger partial charge >= 0.3 is 0 Å². The maximum absolute atomic E-state index is 13.0. The molecule has 5 heterocycles. The van der Waals surface area contributed by atoms with Gasteiger partial charge in [-0.15, -0.1) is 0 Å². The maximum Gasteiger partial charge on any atom is 0.233 e. The molecule has 3 aliphatic heterocycles. The molecular weight excluding hydrogens is 338 g/mol. The number of piperidine rings is 3. The maximum atomic E-state index is 13.0. The monoisotopic (exact) mass is 359 g/mol. The molecule has 1 amide bonds. The van der Waals surface area contributed by atoms with Crippen LogP contribution in [0.5, 0.6) is 0 Å². The number of hydrogen-bond acceptors (Lipinski definition) is 5. The van der Waals surface area contributed by atoms with Crippen molar-refractivity contribution in [2.24, 2.45) is 5.41 Å². The van der Waals surface area contributed by atoms with Crippen LogP contribution in [0.25, 0.3) is 22.0 Å². The van der Waals surface area contributed by atoms with E-state index in [1.165, 1.54) is 0 Å². The van der Waals surface area contributed by atoms with Crippen LogP contribution in [-0.4, -0.2) is 45.4 Å². The van der Waals surface area contributed by atoms with Gasteiger partial charge in [0, 0.05) is 29.5 Å². The molecule has 6 rings (SSSR count). The number of pyridine rings is 1. The van der Waals surface area contributed by atoms with Crippen molar-refractivity contribution in [1.82, 2.24) is 19.9 Å². The van der Waals surface area contributed by atoms with Gasteiger partial charge in [0.2, 0.25) is 11.9 Å². The van der Waals surface area contributed by atoms with Crippen molar-refractivity contribution in [2.75, 3.05) is 25.0 Å². The van der Waals surface area contributed by atoms with E-state index in [-0.39, 0.29) is 11.3 Å². The van der Waals surface area contributed by atoms with Gasteiger partial charge in [-0.2, -0.15) is 0 Å². The van der Waals surface area contributed by atoms with Gasteiger partial charge < -0.3 is 4.90 Å². The summed E-state index contributed by atoms with van der Waals surface area (Å²) >= 11 is 0. The molecule has 3 aliphatic rings. The molecule has 2 bridgehead atoms. The number of carbonyl (C=O) groups excluding carboxylic acids is 1. The fourth-order valence-corrected chi connectivity index (χ4v) is 4.20. The molecule has 0 spiro atoms. The molecule has 0 saturated carbocycles. The number of amides is 1. The Morgan fingerprint density at radius 3 is 2.59 bits per heavy atom. The number of nitrogens with one attached hydrogen (secondary N) is 1. The number of carbonyl (C=O) groups is 1. The summed E-state index contributed by atoms with van der Waals surface area (Å²) in [5, 5.41) is 3.94. The molecular formula is C21H21N5O. The minimum Gasteiger partial charge on any atom is -0.303 e. The van der Waals surface area contributed by atoms with Crippen LogP contribution in [0.15, 0.2) is 48.9 Å². The molecule has 3 aromatic rings. The third-order valence-electron chi connectivity index (χ3n) is 6.00. The Hall–Kier alpha value is -2.86. The Balaban J connectivity index is 1.43. The SMILES string of the molecule is O=C(Nc1ncc2ccc(-c3cccnc3)cc2n1)C12CCN(CC1)CC2. The van der Waals surface area contributed by atoms with E-state index in [1.807, 2.05) is 36.5 Å². The van der Waals surface area contributed by atoms with Crippen molar-refractivity contribution < 1.29 is 4.79 Å². The highest BCUT2D eigenvalue weighted by atomic mass is 16.2. The molecule has 0 radical (unpaired) electrons. The minimum absolute atomic E-state index is 0.0737. The number of fused-ring (bicyclic) bond motifs is 4. The van der Waals surface area contributed by atoms with Gasteiger partial charge in [-0.05, 0) is 56.6 Å². The van der Waals surface area contributed by atoms with Crippen molar-refractivity contribution in [2.45, 2.75) is 19.3 Å². The van der Waals surface area contributed by atoms with Crippen molar-refractivity contribution in [3.05, 3.63) is 48.9 Å². The van der Waals surface area contributed by atoms with E-state index >= 15 is 0 Å². The largest absolute Gasteiger partial charge is 0.303 e. The molecule has 1 aromatic carbocycles. The summed E-state index contributed by atoms with van der Waals surface area (Å²) in [6.45, 7) is 3.04. The quantitative estimate of drug-likeness (QED) is 0.778. The van der Waals surface area contributed by atoms with E-state index < -0.39 is 0 Å². The standard InChI is InChI=1S/C21H21N5O/c27-19(21-5-9-26(10-6-21)11-7-21)25-20-23-14-17-4-3-15(12-18(17)24-20)16-2-1-8-22-13-16/h1-4,8,12-14H,5-7,9-11H2,(H,23,24,25,27). The minimum atomic E-state index is -0.245. The van der Waals surface area contributed by atoms with Gasteiger partial charge in [0.05, 0.1) is 10.9 Å². The lowest BCUT2D eigenvalue weighted by atomic mass is 9.71. The van der Waals surface area contributed by atoms with Gasteiger partial charge in [0.15, 0.2) is 0 Å². The van der Waals surface area contributed by atoms with E-state index in [0.29, 0.717) is 5.95 Å². The van der Waals surface area contributed by atoms with E-state index in [2.05, 4.69) is 25.2 Å². The Bertz CT molecular complexity index is 982. The van der Waals surface area contributed by atoms with E-state index in [1.54, 1.807) is 12.4 Å². The van der Waals surface area contributed by atoms with Gasteiger partial charge in [-0.1, -0.05) is 18.2 Å². The lowest BCUT2D eigenvalue weighted by Crippen LogP contribution is -2.53. The Labute approximate surface area is 157 Å². The molecule has 6 heteroatoms.